The lowest BCUT2D eigenvalue weighted by Gasteiger charge is -2.26. The molecule has 0 fully saturated rings. The fourth-order valence-corrected chi connectivity index (χ4v) is 3.72. The Labute approximate surface area is 235 Å². The van der Waals surface area contributed by atoms with Crippen molar-refractivity contribution in [2.45, 2.75) is 88.0 Å². The van der Waals surface area contributed by atoms with Crippen LogP contribution in [0.4, 0.5) is 0 Å². The number of hydrogen-bond acceptors (Lipinski definition) is 11. The molecular weight excluding hydrogens is 528 g/mol. The highest BCUT2D eigenvalue weighted by Crippen LogP contribution is 2.07. The second-order valence-corrected chi connectivity index (χ2v) is 9.55. The third-order valence-corrected chi connectivity index (χ3v) is 6.31. The molecule has 0 aliphatic heterocycles. The standard InChI is InChI=1S/C24H47N8O6S/c25-10-4-1-7-16(13-33)29-22(36)18(8-2-5-11-26)30-23(37)19(9-3-6-12-27)31-24(38)20(14-34)32-21(35)17(28)15-39/h16-20,34,39H,1-12,14-15,25-28H2,(H,29,36)(H,30,37)(H,31,38)(H,32,35)/t16-,17?,18-,19-,20-/m0/s1. The van der Waals surface area contributed by atoms with Gasteiger partial charge in [0, 0.05) is 5.75 Å². The van der Waals surface area contributed by atoms with Crippen molar-refractivity contribution in [3.05, 3.63) is 0 Å². The van der Waals surface area contributed by atoms with Gasteiger partial charge in [-0.1, -0.05) is 0 Å². The maximum absolute atomic E-state index is 13.2. The minimum Gasteiger partial charge on any atom is -0.394 e. The number of aliphatic hydroxyl groups excluding tert-OH is 1. The summed E-state index contributed by atoms with van der Waals surface area (Å²) in [5, 5.41) is 19.8. The number of nitrogens with one attached hydrogen (secondary N) is 4. The Bertz CT molecular complexity index is 747. The van der Waals surface area contributed by atoms with Gasteiger partial charge in [-0.2, -0.15) is 12.6 Å². The average Bonchev–Trinajstić information content (AvgIpc) is 2.93. The maximum Gasteiger partial charge on any atom is 0.245 e. The summed E-state index contributed by atoms with van der Waals surface area (Å²) in [4.78, 5) is 62.5. The summed E-state index contributed by atoms with van der Waals surface area (Å²) in [7, 11) is 0. The van der Waals surface area contributed by atoms with Crippen LogP contribution in [0.5, 0.6) is 0 Å². The van der Waals surface area contributed by atoms with E-state index in [0.717, 1.165) is 0 Å². The van der Waals surface area contributed by atoms with Gasteiger partial charge in [0.15, 0.2) is 0 Å². The lowest BCUT2D eigenvalue weighted by atomic mass is 10.0. The predicted molar refractivity (Wildman–Crippen MR) is 151 cm³/mol. The summed E-state index contributed by atoms with van der Waals surface area (Å²) < 4.78 is 0. The zero-order valence-electron chi connectivity index (χ0n) is 22.5. The van der Waals surface area contributed by atoms with E-state index < -0.39 is 60.4 Å². The van der Waals surface area contributed by atoms with Gasteiger partial charge in [-0.25, -0.2) is 0 Å². The monoisotopic (exact) mass is 575 g/mol. The number of nitrogens with two attached hydrogens (primary N) is 4. The first kappa shape index (κ1) is 36.7. The Hall–Kier alpha value is -2.30. The lowest BCUT2D eigenvalue weighted by molar-refractivity contribution is -0.134. The Morgan fingerprint density at radius 3 is 1.49 bits per heavy atom. The van der Waals surface area contributed by atoms with Crippen molar-refractivity contribution in [1.82, 2.24) is 21.3 Å². The number of hydrogen-bond donors (Lipinski definition) is 10. The smallest absolute Gasteiger partial charge is 0.245 e. The van der Waals surface area contributed by atoms with E-state index >= 15 is 0 Å². The molecule has 0 saturated carbocycles. The van der Waals surface area contributed by atoms with Crippen LogP contribution in [0.15, 0.2) is 0 Å². The average molecular weight is 576 g/mol. The molecule has 0 spiro atoms. The highest BCUT2D eigenvalue weighted by molar-refractivity contribution is 7.80. The second-order valence-electron chi connectivity index (χ2n) is 9.19. The molecule has 0 aromatic heterocycles. The zero-order chi connectivity index (χ0) is 29.6. The number of rotatable bonds is 23. The lowest BCUT2D eigenvalue weighted by Crippen LogP contribution is -2.59. The topological polar surface area (TPSA) is 258 Å². The van der Waals surface area contributed by atoms with Crippen molar-refractivity contribution in [3.63, 3.8) is 0 Å². The second kappa shape index (κ2) is 22.5. The van der Waals surface area contributed by atoms with Gasteiger partial charge in [-0.05, 0) is 77.4 Å². The summed E-state index contributed by atoms with van der Waals surface area (Å²) >= 11 is 3.94. The maximum atomic E-state index is 13.2. The normalized spacial score (nSPS) is 14.8. The first-order chi connectivity index (χ1) is 18.7. The SMILES string of the molecule is NCCCC[C@@H]([C]=O)NC(=O)[C@H](CCCCN)NC(=O)[C@H](CCCCN)NC(=O)[C@H](CO)NC(=O)C(N)CS. The third kappa shape index (κ3) is 15.8. The molecule has 0 aromatic rings. The van der Waals surface area contributed by atoms with Crippen LogP contribution in [-0.4, -0.2) is 97.2 Å². The van der Waals surface area contributed by atoms with Gasteiger partial charge < -0.3 is 49.3 Å². The van der Waals surface area contributed by atoms with Gasteiger partial charge >= 0.3 is 0 Å². The fourth-order valence-electron chi connectivity index (χ4n) is 3.55. The van der Waals surface area contributed by atoms with Crippen LogP contribution in [-0.2, 0) is 24.0 Å². The molecule has 0 saturated heterocycles. The van der Waals surface area contributed by atoms with Crippen molar-refractivity contribution >= 4 is 42.5 Å². The molecule has 15 heteroatoms. The molecule has 1 unspecified atom stereocenters. The third-order valence-electron chi connectivity index (χ3n) is 5.91. The molecule has 0 bridgehead atoms. The van der Waals surface area contributed by atoms with Crippen LogP contribution in [0.25, 0.3) is 0 Å². The van der Waals surface area contributed by atoms with E-state index in [1.807, 2.05) is 0 Å². The summed E-state index contributed by atoms with van der Waals surface area (Å²) in [5.74, 6) is -2.66. The van der Waals surface area contributed by atoms with Crippen LogP contribution in [0.3, 0.4) is 0 Å². The van der Waals surface area contributed by atoms with Crippen molar-refractivity contribution in [2.75, 3.05) is 32.0 Å². The minimum absolute atomic E-state index is 0.0269. The van der Waals surface area contributed by atoms with E-state index in [9.17, 15) is 29.1 Å². The minimum atomic E-state index is -1.35. The van der Waals surface area contributed by atoms with Crippen LogP contribution >= 0.6 is 12.6 Å². The molecule has 39 heavy (non-hydrogen) atoms. The van der Waals surface area contributed by atoms with Crippen molar-refractivity contribution in [1.29, 1.82) is 0 Å². The number of unbranched alkanes of at least 4 members (excludes halogenated alkanes) is 3. The Balaban J connectivity index is 5.58. The highest BCUT2D eigenvalue weighted by Gasteiger charge is 2.30. The summed E-state index contributed by atoms with van der Waals surface area (Å²) in [6, 6.07) is -5.28. The van der Waals surface area contributed by atoms with Gasteiger partial charge in [-0.15, -0.1) is 0 Å². The highest BCUT2D eigenvalue weighted by atomic mass is 32.1. The molecule has 1 radical (unpaired) electrons. The first-order valence-electron chi connectivity index (χ1n) is 13.4. The largest absolute Gasteiger partial charge is 0.394 e. The summed E-state index contributed by atoms with van der Waals surface area (Å²) in [6.45, 7) is 0.495. The molecule has 0 aliphatic carbocycles. The van der Waals surface area contributed by atoms with Gasteiger partial charge in [-0.3, -0.25) is 24.0 Å². The zero-order valence-corrected chi connectivity index (χ0v) is 23.4. The van der Waals surface area contributed by atoms with E-state index in [0.29, 0.717) is 64.6 Å². The number of thiol groups is 1. The summed E-state index contributed by atoms with van der Waals surface area (Å²) in [6.07, 6.45) is 6.13. The quantitative estimate of drug-likeness (QED) is 0.0428. The van der Waals surface area contributed by atoms with Gasteiger partial charge in [0.25, 0.3) is 0 Å². The van der Waals surface area contributed by atoms with Crippen LogP contribution in [0, 0.1) is 0 Å². The molecule has 0 heterocycles. The van der Waals surface area contributed by atoms with E-state index in [4.69, 9.17) is 22.9 Å². The molecule has 0 rings (SSSR count). The van der Waals surface area contributed by atoms with E-state index in [2.05, 4.69) is 33.9 Å². The molecular formula is C24H47N8O6S. The number of carbonyl (C=O) groups excluding carboxylic acids is 5. The molecule has 13 N–H and O–H groups in total. The number of aliphatic hydroxyl groups is 1. The van der Waals surface area contributed by atoms with E-state index in [1.165, 1.54) is 0 Å². The molecule has 5 atom stereocenters. The van der Waals surface area contributed by atoms with Crippen LogP contribution in [0.1, 0.15) is 57.8 Å². The Kier molecular flexibility index (Phi) is 21.2. The molecule has 225 valence electrons. The Morgan fingerprint density at radius 2 is 1.08 bits per heavy atom. The predicted octanol–water partition coefficient (Wildman–Crippen LogP) is -3.33. The van der Waals surface area contributed by atoms with Crippen LogP contribution in [0.2, 0.25) is 0 Å². The van der Waals surface area contributed by atoms with E-state index in [-0.39, 0.29) is 18.6 Å². The van der Waals surface area contributed by atoms with Crippen molar-refractivity contribution in [3.8, 4) is 0 Å². The molecule has 0 aromatic carbocycles. The molecule has 14 nitrogen and oxygen atoms in total. The van der Waals surface area contributed by atoms with Crippen molar-refractivity contribution < 1.29 is 29.1 Å². The molecule has 4 amide bonds. The van der Waals surface area contributed by atoms with Gasteiger partial charge in [0.2, 0.25) is 29.9 Å². The number of amides is 4. The Morgan fingerprint density at radius 1 is 0.667 bits per heavy atom. The fraction of sp³-hybridized carbons (Fsp3) is 0.792. The number of carbonyl (C=O) groups is 4. The first-order valence-corrected chi connectivity index (χ1v) is 14.0. The van der Waals surface area contributed by atoms with Gasteiger partial charge in [0.1, 0.15) is 18.1 Å². The van der Waals surface area contributed by atoms with E-state index in [1.54, 1.807) is 6.29 Å². The molecule has 0 aliphatic rings. The van der Waals surface area contributed by atoms with Gasteiger partial charge in [0.05, 0.1) is 18.7 Å². The van der Waals surface area contributed by atoms with Crippen LogP contribution < -0.4 is 44.2 Å². The summed E-state index contributed by atoms with van der Waals surface area (Å²) in [5.41, 5.74) is 22.2. The van der Waals surface area contributed by atoms with Crippen molar-refractivity contribution in [2.24, 2.45) is 22.9 Å².